The molecule has 0 saturated heterocycles. The van der Waals surface area contributed by atoms with Crippen LogP contribution in [0.5, 0.6) is 0 Å². The summed E-state index contributed by atoms with van der Waals surface area (Å²) in [6.45, 7) is 0. The summed E-state index contributed by atoms with van der Waals surface area (Å²) in [6.07, 6.45) is -6.79. The molecule has 0 aliphatic heterocycles. The molecule has 0 unspecified atom stereocenters. The molecule has 4 rings (SSSR count). The Morgan fingerprint density at radius 3 is 2.49 bits per heavy atom. The number of aliphatic hydroxyl groups excluding tert-OH is 1. The van der Waals surface area contributed by atoms with Crippen LogP contribution in [-0.2, 0) is 11.2 Å². The maximum absolute atomic E-state index is 13.9. The van der Waals surface area contributed by atoms with Gasteiger partial charge in [-0.15, -0.1) is 0 Å². The molecule has 234 valence electrons. The van der Waals surface area contributed by atoms with Crippen molar-refractivity contribution in [2.45, 2.75) is 82.2 Å². The Balaban J connectivity index is 1.55. The number of halogens is 7. The standard InChI is InChI=1S/C27H29F7N6O3/c28-20(29)2-1-15-9-17(12-35-11-15)25(43)39-23(16-3-6-26(30,31)7-4-16)19-14-40-21(37-19)10-18(13-36-40)24(42)38-22(41)5-8-27(32,33)34/h9-14,16,20,23-24,42H,1-8H2,(H,38,41)(H,39,43)/t23-,24+/m0/s1. The van der Waals surface area contributed by atoms with Crippen LogP contribution in [0.1, 0.15) is 84.4 Å². The Morgan fingerprint density at radius 1 is 1.09 bits per heavy atom. The van der Waals surface area contributed by atoms with E-state index in [4.69, 9.17) is 0 Å². The second-order valence-electron chi connectivity index (χ2n) is 10.5. The van der Waals surface area contributed by atoms with E-state index < -0.39 is 80.6 Å². The number of pyridine rings is 1. The number of fused-ring (bicyclic) bond motifs is 1. The Morgan fingerprint density at radius 2 is 1.81 bits per heavy atom. The first-order valence-corrected chi connectivity index (χ1v) is 13.5. The van der Waals surface area contributed by atoms with Crippen molar-refractivity contribution in [3.8, 4) is 0 Å². The number of aromatic nitrogens is 4. The predicted octanol–water partition coefficient (Wildman–Crippen LogP) is 5.07. The van der Waals surface area contributed by atoms with E-state index in [9.17, 15) is 45.4 Å². The summed E-state index contributed by atoms with van der Waals surface area (Å²) < 4.78 is 91.6. The van der Waals surface area contributed by atoms with Crippen LogP contribution in [0.2, 0.25) is 0 Å². The molecule has 1 saturated carbocycles. The van der Waals surface area contributed by atoms with E-state index in [1.807, 2.05) is 0 Å². The molecule has 0 radical (unpaired) electrons. The number of amides is 2. The van der Waals surface area contributed by atoms with Crippen molar-refractivity contribution in [2.24, 2.45) is 5.92 Å². The lowest BCUT2D eigenvalue weighted by Gasteiger charge is -2.33. The average Bonchev–Trinajstić information content (AvgIpc) is 3.37. The molecule has 1 aliphatic carbocycles. The summed E-state index contributed by atoms with van der Waals surface area (Å²) in [6, 6.07) is 1.90. The molecular weight excluding hydrogens is 589 g/mol. The van der Waals surface area contributed by atoms with E-state index in [1.165, 1.54) is 41.4 Å². The Kier molecular flexibility index (Phi) is 9.87. The average molecular weight is 619 g/mol. The van der Waals surface area contributed by atoms with Gasteiger partial charge in [0.25, 0.3) is 5.91 Å². The SMILES string of the molecule is O=C(CCC(F)(F)F)N[C@H](O)c1cnn2cc([C@@H](NC(=O)c3cncc(CCC(F)F)c3)C3CCC(F)(F)CC3)nc2c1. The van der Waals surface area contributed by atoms with Gasteiger partial charge in [0.2, 0.25) is 18.3 Å². The van der Waals surface area contributed by atoms with Gasteiger partial charge in [-0.25, -0.2) is 27.1 Å². The monoisotopic (exact) mass is 618 g/mol. The number of hydrogen-bond donors (Lipinski definition) is 3. The smallest absolute Gasteiger partial charge is 0.369 e. The zero-order valence-corrected chi connectivity index (χ0v) is 22.6. The second kappa shape index (κ2) is 13.2. The fourth-order valence-electron chi connectivity index (χ4n) is 4.85. The van der Waals surface area contributed by atoms with Crippen LogP contribution in [0.4, 0.5) is 30.7 Å². The van der Waals surface area contributed by atoms with Crippen LogP contribution >= 0.6 is 0 Å². The van der Waals surface area contributed by atoms with Gasteiger partial charge in [0.05, 0.1) is 36.1 Å². The van der Waals surface area contributed by atoms with Gasteiger partial charge in [0.1, 0.15) is 0 Å². The molecule has 2 atom stereocenters. The minimum absolute atomic E-state index is 0.00198. The van der Waals surface area contributed by atoms with Crippen LogP contribution in [0.15, 0.2) is 36.9 Å². The van der Waals surface area contributed by atoms with Crippen molar-refractivity contribution in [1.82, 2.24) is 30.2 Å². The zero-order chi connectivity index (χ0) is 31.4. The zero-order valence-electron chi connectivity index (χ0n) is 22.6. The molecule has 3 N–H and O–H groups in total. The number of nitrogens with zero attached hydrogens (tertiary/aromatic N) is 4. The number of imidazole rings is 1. The number of carbonyl (C=O) groups is 2. The molecule has 1 aliphatic rings. The highest BCUT2D eigenvalue weighted by Crippen LogP contribution is 2.41. The first-order chi connectivity index (χ1) is 20.2. The van der Waals surface area contributed by atoms with Crippen molar-refractivity contribution in [3.63, 3.8) is 0 Å². The lowest BCUT2D eigenvalue weighted by atomic mass is 9.81. The number of aliphatic hydroxyl groups is 1. The van der Waals surface area contributed by atoms with Crippen molar-refractivity contribution in [3.05, 3.63) is 59.3 Å². The van der Waals surface area contributed by atoms with Crippen molar-refractivity contribution in [1.29, 1.82) is 0 Å². The lowest BCUT2D eigenvalue weighted by Crippen LogP contribution is -2.37. The Labute approximate surface area is 240 Å². The molecule has 9 nitrogen and oxygen atoms in total. The van der Waals surface area contributed by atoms with Gasteiger partial charge in [-0.1, -0.05) is 0 Å². The van der Waals surface area contributed by atoms with Crippen molar-refractivity contribution < 1.29 is 45.4 Å². The van der Waals surface area contributed by atoms with Gasteiger partial charge >= 0.3 is 6.18 Å². The fraction of sp³-hybridized carbons (Fsp3) is 0.519. The molecule has 0 spiro atoms. The predicted molar refractivity (Wildman–Crippen MR) is 137 cm³/mol. The van der Waals surface area contributed by atoms with Gasteiger partial charge in [0.15, 0.2) is 11.9 Å². The normalized spacial score (nSPS) is 17.1. The number of rotatable bonds is 11. The number of nitrogens with one attached hydrogen (secondary N) is 2. The summed E-state index contributed by atoms with van der Waals surface area (Å²) in [5, 5.41) is 19.3. The van der Waals surface area contributed by atoms with Crippen LogP contribution in [0.25, 0.3) is 5.65 Å². The minimum atomic E-state index is -4.54. The molecule has 3 aromatic heterocycles. The Hall–Kier alpha value is -3.82. The van der Waals surface area contributed by atoms with E-state index in [-0.39, 0.29) is 41.7 Å². The molecule has 3 aromatic rings. The summed E-state index contributed by atoms with van der Waals surface area (Å²) >= 11 is 0. The summed E-state index contributed by atoms with van der Waals surface area (Å²) in [7, 11) is 0. The maximum atomic E-state index is 13.9. The molecule has 16 heteroatoms. The molecule has 0 aromatic carbocycles. The minimum Gasteiger partial charge on any atom is -0.369 e. The van der Waals surface area contributed by atoms with E-state index in [1.54, 1.807) is 0 Å². The highest BCUT2D eigenvalue weighted by atomic mass is 19.4. The van der Waals surface area contributed by atoms with E-state index in [0.717, 1.165) is 0 Å². The van der Waals surface area contributed by atoms with E-state index >= 15 is 0 Å². The highest BCUT2D eigenvalue weighted by Gasteiger charge is 2.39. The first kappa shape index (κ1) is 32.1. The van der Waals surface area contributed by atoms with Crippen LogP contribution < -0.4 is 10.6 Å². The summed E-state index contributed by atoms with van der Waals surface area (Å²) in [5.74, 6) is -4.93. The quantitative estimate of drug-likeness (QED) is 0.204. The largest absolute Gasteiger partial charge is 0.389 e. The van der Waals surface area contributed by atoms with Gasteiger partial charge in [-0.05, 0) is 42.9 Å². The molecular formula is C27H29F7N6O3. The summed E-state index contributed by atoms with van der Waals surface area (Å²) in [4.78, 5) is 33.5. The van der Waals surface area contributed by atoms with Gasteiger partial charge in [-0.3, -0.25) is 14.6 Å². The van der Waals surface area contributed by atoms with Crippen LogP contribution in [0.3, 0.4) is 0 Å². The third-order valence-electron chi connectivity index (χ3n) is 7.16. The molecule has 0 bridgehead atoms. The second-order valence-corrected chi connectivity index (χ2v) is 10.5. The van der Waals surface area contributed by atoms with E-state index in [2.05, 4.69) is 25.7 Å². The van der Waals surface area contributed by atoms with Gasteiger partial charge in [0, 0.05) is 43.6 Å². The molecule has 43 heavy (non-hydrogen) atoms. The van der Waals surface area contributed by atoms with Crippen molar-refractivity contribution in [2.75, 3.05) is 0 Å². The number of alkyl halides is 7. The lowest BCUT2D eigenvalue weighted by molar-refractivity contribution is -0.145. The first-order valence-electron chi connectivity index (χ1n) is 13.5. The van der Waals surface area contributed by atoms with Crippen molar-refractivity contribution >= 4 is 17.5 Å². The number of aryl methyl sites for hydroxylation is 1. The third kappa shape index (κ3) is 9.08. The Bertz CT molecular complexity index is 1420. The number of hydrogen-bond acceptors (Lipinski definition) is 6. The van der Waals surface area contributed by atoms with Crippen LogP contribution in [-0.4, -0.2) is 55.0 Å². The van der Waals surface area contributed by atoms with Gasteiger partial charge < -0.3 is 15.7 Å². The topological polar surface area (TPSA) is 122 Å². The van der Waals surface area contributed by atoms with Gasteiger partial charge in [-0.2, -0.15) is 18.3 Å². The molecule has 2 amide bonds. The molecule has 1 fully saturated rings. The third-order valence-corrected chi connectivity index (χ3v) is 7.16. The summed E-state index contributed by atoms with van der Waals surface area (Å²) in [5.41, 5.74) is 0.947. The van der Waals surface area contributed by atoms with E-state index in [0.29, 0.717) is 5.56 Å². The number of carbonyl (C=O) groups excluding carboxylic acids is 2. The fourth-order valence-corrected chi connectivity index (χ4v) is 4.85. The molecule has 3 heterocycles. The maximum Gasteiger partial charge on any atom is 0.389 e. The van der Waals surface area contributed by atoms with Crippen LogP contribution in [0, 0.1) is 5.92 Å². The highest BCUT2D eigenvalue weighted by molar-refractivity contribution is 5.94.